The van der Waals surface area contributed by atoms with E-state index >= 15 is 0 Å². The lowest BCUT2D eigenvalue weighted by Gasteiger charge is -2.16. The van der Waals surface area contributed by atoms with Crippen LogP contribution in [0.4, 0.5) is 0 Å². The van der Waals surface area contributed by atoms with Crippen molar-refractivity contribution < 1.29 is 8.42 Å². The summed E-state index contributed by atoms with van der Waals surface area (Å²) in [4.78, 5) is 7.64. The highest BCUT2D eigenvalue weighted by Crippen LogP contribution is 2.29. The molecule has 0 saturated carbocycles. The van der Waals surface area contributed by atoms with Crippen LogP contribution in [0, 0.1) is 0 Å². The van der Waals surface area contributed by atoms with Gasteiger partial charge in [-0.1, -0.05) is 24.3 Å². The second-order valence-electron chi connectivity index (χ2n) is 7.15. The van der Waals surface area contributed by atoms with E-state index < -0.39 is 9.84 Å². The Kier molecular flexibility index (Phi) is 4.32. The number of hydrogen-bond donors (Lipinski definition) is 0. The van der Waals surface area contributed by atoms with Crippen molar-refractivity contribution in [2.24, 2.45) is 7.05 Å². The number of hydrogen-bond acceptors (Lipinski definition) is 4. The van der Waals surface area contributed by atoms with Gasteiger partial charge in [-0.15, -0.1) is 0 Å². The van der Waals surface area contributed by atoms with Gasteiger partial charge in [0.2, 0.25) is 0 Å². The Bertz CT molecular complexity index is 1040. The molecule has 26 heavy (non-hydrogen) atoms. The number of aromatic nitrogens is 2. The molecule has 2 heterocycles. The van der Waals surface area contributed by atoms with Crippen LogP contribution in [0.2, 0.25) is 0 Å². The van der Waals surface area contributed by atoms with Gasteiger partial charge in [0.1, 0.15) is 5.82 Å². The fourth-order valence-electron chi connectivity index (χ4n) is 3.82. The molecule has 1 aliphatic rings. The minimum Gasteiger partial charge on any atom is -0.331 e. The summed E-state index contributed by atoms with van der Waals surface area (Å²) in [6.07, 6.45) is 2.34. The van der Waals surface area contributed by atoms with E-state index in [1.165, 1.54) is 11.8 Å². The van der Waals surface area contributed by atoms with Gasteiger partial charge in [0.05, 0.1) is 15.9 Å². The zero-order chi connectivity index (χ0) is 18.3. The van der Waals surface area contributed by atoms with Crippen LogP contribution in [0.3, 0.4) is 0 Å². The summed E-state index contributed by atoms with van der Waals surface area (Å²) in [5, 5.41) is 0. The van der Waals surface area contributed by atoms with E-state index in [4.69, 9.17) is 4.98 Å². The maximum atomic E-state index is 11.6. The predicted octanol–water partition coefficient (Wildman–Crippen LogP) is 2.97. The van der Waals surface area contributed by atoms with Gasteiger partial charge >= 0.3 is 0 Å². The van der Waals surface area contributed by atoms with Crippen molar-refractivity contribution in [1.82, 2.24) is 14.5 Å². The first-order chi connectivity index (χ1) is 12.4. The normalized spacial score (nSPS) is 18.6. The Hall–Kier alpha value is -2.18. The lowest BCUT2D eigenvalue weighted by molar-refractivity contribution is 0.325. The summed E-state index contributed by atoms with van der Waals surface area (Å²) in [5.74, 6) is 1.59. The summed E-state index contributed by atoms with van der Waals surface area (Å²) >= 11 is 0. The van der Waals surface area contributed by atoms with Gasteiger partial charge in [0, 0.05) is 32.3 Å². The third kappa shape index (κ3) is 3.27. The van der Waals surface area contributed by atoms with Crippen LogP contribution in [0.25, 0.3) is 11.0 Å². The molecule has 1 saturated heterocycles. The van der Waals surface area contributed by atoms with Crippen LogP contribution in [0.1, 0.15) is 23.7 Å². The molecule has 2 aromatic carbocycles. The Morgan fingerprint density at radius 3 is 2.54 bits per heavy atom. The standard InChI is InChI=1S/C20H23N3O2S/c1-22-19-6-4-3-5-18(19)21-20(22)16-11-12-23(14-16)13-15-7-9-17(10-8-15)26(2,24)25/h3-10,16H,11-14H2,1-2H3. The molecule has 1 aromatic heterocycles. The first kappa shape index (κ1) is 17.2. The number of nitrogens with zero attached hydrogens (tertiary/aromatic N) is 3. The van der Waals surface area contributed by atoms with E-state index in [0.29, 0.717) is 10.8 Å². The Morgan fingerprint density at radius 1 is 1.12 bits per heavy atom. The Labute approximate surface area is 154 Å². The maximum Gasteiger partial charge on any atom is 0.175 e. The molecule has 136 valence electrons. The molecular formula is C20H23N3O2S. The van der Waals surface area contributed by atoms with Gasteiger partial charge < -0.3 is 4.57 Å². The van der Waals surface area contributed by atoms with Crippen LogP contribution < -0.4 is 0 Å². The molecule has 0 amide bonds. The number of aryl methyl sites for hydroxylation is 1. The molecule has 3 aromatic rings. The molecule has 5 nitrogen and oxygen atoms in total. The van der Waals surface area contributed by atoms with Crippen LogP contribution in [0.5, 0.6) is 0 Å². The summed E-state index contributed by atoms with van der Waals surface area (Å²) in [6.45, 7) is 2.84. The molecule has 1 atom stereocenters. The predicted molar refractivity (Wildman–Crippen MR) is 103 cm³/mol. The summed E-state index contributed by atoms with van der Waals surface area (Å²) in [5.41, 5.74) is 3.38. The van der Waals surface area contributed by atoms with Gasteiger partial charge in [-0.3, -0.25) is 4.90 Å². The highest BCUT2D eigenvalue weighted by atomic mass is 32.2. The molecule has 6 heteroatoms. The lowest BCUT2D eigenvalue weighted by atomic mass is 10.1. The van der Waals surface area contributed by atoms with Crippen LogP contribution in [-0.2, 0) is 23.4 Å². The number of likely N-dealkylation sites (tertiary alicyclic amines) is 1. The van der Waals surface area contributed by atoms with Crippen molar-refractivity contribution in [3.63, 3.8) is 0 Å². The quantitative estimate of drug-likeness (QED) is 0.709. The molecule has 0 bridgehead atoms. The number of sulfone groups is 1. The number of benzene rings is 2. The van der Waals surface area contributed by atoms with E-state index in [1.54, 1.807) is 12.1 Å². The van der Waals surface area contributed by atoms with Crippen molar-refractivity contribution in [1.29, 1.82) is 0 Å². The number of para-hydroxylation sites is 2. The van der Waals surface area contributed by atoms with Gasteiger partial charge in [0.15, 0.2) is 9.84 Å². The Balaban J connectivity index is 1.47. The smallest absolute Gasteiger partial charge is 0.175 e. The van der Waals surface area contributed by atoms with E-state index in [0.717, 1.165) is 43.0 Å². The zero-order valence-electron chi connectivity index (χ0n) is 15.1. The zero-order valence-corrected chi connectivity index (χ0v) is 15.9. The summed E-state index contributed by atoms with van der Waals surface area (Å²) in [6, 6.07) is 15.5. The summed E-state index contributed by atoms with van der Waals surface area (Å²) < 4.78 is 25.4. The molecule has 4 rings (SSSR count). The molecular weight excluding hydrogens is 346 g/mol. The second-order valence-corrected chi connectivity index (χ2v) is 9.17. The second kappa shape index (κ2) is 6.52. The molecule has 0 spiro atoms. The molecule has 0 aliphatic carbocycles. The van der Waals surface area contributed by atoms with E-state index in [1.807, 2.05) is 18.2 Å². The number of imidazole rings is 1. The lowest BCUT2D eigenvalue weighted by Crippen LogP contribution is -2.20. The largest absolute Gasteiger partial charge is 0.331 e. The number of rotatable bonds is 4. The van der Waals surface area contributed by atoms with Gasteiger partial charge in [-0.25, -0.2) is 13.4 Å². The maximum absolute atomic E-state index is 11.6. The third-order valence-corrected chi connectivity index (χ3v) is 6.35. The van der Waals surface area contributed by atoms with Crippen molar-refractivity contribution >= 4 is 20.9 Å². The average molecular weight is 369 g/mol. The highest BCUT2D eigenvalue weighted by Gasteiger charge is 2.27. The van der Waals surface area contributed by atoms with Crippen molar-refractivity contribution in [2.45, 2.75) is 23.8 Å². The molecule has 1 fully saturated rings. The Morgan fingerprint density at radius 2 is 1.85 bits per heavy atom. The highest BCUT2D eigenvalue weighted by molar-refractivity contribution is 7.90. The SMILES string of the molecule is Cn1c(C2CCN(Cc3ccc(S(C)(=O)=O)cc3)C2)nc2ccccc21. The monoisotopic (exact) mass is 369 g/mol. The first-order valence-corrected chi connectivity index (χ1v) is 10.7. The minimum absolute atomic E-state index is 0.375. The minimum atomic E-state index is -3.13. The molecule has 1 aliphatic heterocycles. The van der Waals surface area contributed by atoms with Crippen LogP contribution in [-0.4, -0.2) is 42.2 Å². The average Bonchev–Trinajstić information content (AvgIpc) is 3.20. The molecule has 0 N–H and O–H groups in total. The van der Waals surface area contributed by atoms with Crippen molar-refractivity contribution in [3.8, 4) is 0 Å². The van der Waals surface area contributed by atoms with E-state index in [9.17, 15) is 8.42 Å². The van der Waals surface area contributed by atoms with Gasteiger partial charge in [-0.05, 0) is 42.8 Å². The number of fused-ring (bicyclic) bond motifs is 1. The van der Waals surface area contributed by atoms with Gasteiger partial charge in [0.25, 0.3) is 0 Å². The summed E-state index contributed by atoms with van der Waals surface area (Å²) in [7, 11) is -1.04. The first-order valence-electron chi connectivity index (χ1n) is 8.84. The van der Waals surface area contributed by atoms with Gasteiger partial charge in [-0.2, -0.15) is 0 Å². The van der Waals surface area contributed by atoms with Crippen molar-refractivity contribution in [2.75, 3.05) is 19.3 Å². The topological polar surface area (TPSA) is 55.2 Å². The molecule has 0 radical (unpaired) electrons. The van der Waals surface area contributed by atoms with Crippen LogP contribution >= 0.6 is 0 Å². The third-order valence-electron chi connectivity index (χ3n) is 5.22. The van der Waals surface area contributed by atoms with Crippen molar-refractivity contribution in [3.05, 3.63) is 59.9 Å². The van der Waals surface area contributed by atoms with E-state index in [-0.39, 0.29) is 0 Å². The van der Waals surface area contributed by atoms with E-state index in [2.05, 4.69) is 34.7 Å². The molecule has 1 unspecified atom stereocenters. The fraction of sp³-hybridized carbons (Fsp3) is 0.350. The fourth-order valence-corrected chi connectivity index (χ4v) is 4.45. The van der Waals surface area contributed by atoms with Crippen LogP contribution in [0.15, 0.2) is 53.4 Å².